The Kier molecular flexibility index (Phi) is 3.98. The number of hydrogen-bond acceptors (Lipinski definition) is 3. The maximum Gasteiger partial charge on any atom is 0.341 e. The Balaban J connectivity index is 2.37. The highest BCUT2D eigenvalue weighted by molar-refractivity contribution is 5.90. The Bertz CT molecular complexity index is 654. The van der Waals surface area contributed by atoms with E-state index in [2.05, 4.69) is 0 Å². The molecule has 0 aromatic heterocycles. The molecular formula is C15H12F2O3. The van der Waals surface area contributed by atoms with Gasteiger partial charge in [-0.1, -0.05) is 12.1 Å². The summed E-state index contributed by atoms with van der Waals surface area (Å²) in [6.07, 6.45) is 0. The van der Waals surface area contributed by atoms with E-state index >= 15 is 0 Å². The lowest BCUT2D eigenvalue weighted by atomic mass is 10.0. The summed E-state index contributed by atoms with van der Waals surface area (Å²) in [7, 11) is 0. The summed E-state index contributed by atoms with van der Waals surface area (Å²) >= 11 is 0. The van der Waals surface area contributed by atoms with Gasteiger partial charge in [0.2, 0.25) is 0 Å². The Morgan fingerprint density at radius 3 is 2.35 bits per heavy atom. The van der Waals surface area contributed by atoms with Gasteiger partial charge in [0.15, 0.2) is 11.6 Å². The van der Waals surface area contributed by atoms with Gasteiger partial charge in [0, 0.05) is 0 Å². The summed E-state index contributed by atoms with van der Waals surface area (Å²) in [5.41, 5.74) is 0.700. The second kappa shape index (κ2) is 5.69. The average Bonchev–Trinajstić information content (AvgIpc) is 2.42. The van der Waals surface area contributed by atoms with Crippen LogP contribution in [0.1, 0.15) is 17.3 Å². The van der Waals surface area contributed by atoms with Crippen LogP contribution in [0.4, 0.5) is 8.78 Å². The van der Waals surface area contributed by atoms with Crippen molar-refractivity contribution in [1.82, 2.24) is 0 Å². The summed E-state index contributed by atoms with van der Waals surface area (Å²) in [6, 6.07) is 7.62. The van der Waals surface area contributed by atoms with Crippen LogP contribution in [-0.2, 0) is 4.74 Å². The lowest BCUT2D eigenvalue weighted by molar-refractivity contribution is 0.0521. The molecule has 0 aliphatic rings. The van der Waals surface area contributed by atoms with E-state index in [1.54, 1.807) is 6.92 Å². The van der Waals surface area contributed by atoms with Crippen LogP contribution in [0.5, 0.6) is 5.75 Å². The minimum absolute atomic E-state index is 0.159. The van der Waals surface area contributed by atoms with Crippen LogP contribution in [0, 0.1) is 11.6 Å². The smallest absolute Gasteiger partial charge is 0.341 e. The summed E-state index contributed by atoms with van der Waals surface area (Å²) in [5.74, 6) is -2.74. The minimum atomic E-state index is -0.752. The summed E-state index contributed by atoms with van der Waals surface area (Å²) in [4.78, 5) is 11.5. The number of carbonyl (C=O) groups is 1. The third-order valence-electron chi connectivity index (χ3n) is 2.74. The van der Waals surface area contributed by atoms with Gasteiger partial charge in [-0.3, -0.25) is 0 Å². The number of phenolic OH excluding ortho intramolecular Hbond substituents is 1. The van der Waals surface area contributed by atoms with E-state index in [4.69, 9.17) is 4.74 Å². The van der Waals surface area contributed by atoms with E-state index in [0.29, 0.717) is 11.1 Å². The number of hydrogen-bond donors (Lipinski definition) is 1. The zero-order valence-corrected chi connectivity index (χ0v) is 10.7. The summed E-state index contributed by atoms with van der Waals surface area (Å²) < 4.78 is 31.5. The van der Waals surface area contributed by atoms with Crippen molar-refractivity contribution in [2.75, 3.05) is 6.61 Å². The van der Waals surface area contributed by atoms with Crippen molar-refractivity contribution < 1.29 is 23.4 Å². The second-order valence-electron chi connectivity index (χ2n) is 4.08. The molecule has 0 aliphatic heterocycles. The van der Waals surface area contributed by atoms with Gasteiger partial charge in [0.05, 0.1) is 12.2 Å². The maximum absolute atomic E-state index is 13.9. The molecule has 3 nitrogen and oxygen atoms in total. The van der Waals surface area contributed by atoms with Gasteiger partial charge in [-0.2, -0.15) is 0 Å². The Labute approximate surface area is 114 Å². The average molecular weight is 278 g/mol. The highest BCUT2D eigenvalue weighted by atomic mass is 19.1. The van der Waals surface area contributed by atoms with Crippen LogP contribution in [0.3, 0.4) is 0 Å². The molecule has 0 heterocycles. The zero-order valence-electron chi connectivity index (χ0n) is 10.7. The Morgan fingerprint density at radius 1 is 1.10 bits per heavy atom. The fourth-order valence-electron chi connectivity index (χ4n) is 1.76. The molecule has 0 amide bonds. The first kappa shape index (κ1) is 14.0. The van der Waals surface area contributed by atoms with Crippen molar-refractivity contribution >= 4 is 5.97 Å². The molecule has 20 heavy (non-hydrogen) atoms. The molecule has 0 saturated carbocycles. The van der Waals surface area contributed by atoms with E-state index in [0.717, 1.165) is 12.1 Å². The Hall–Kier alpha value is -2.43. The van der Waals surface area contributed by atoms with Crippen molar-refractivity contribution in [2.24, 2.45) is 0 Å². The van der Waals surface area contributed by atoms with Gasteiger partial charge < -0.3 is 9.84 Å². The lowest BCUT2D eigenvalue weighted by Gasteiger charge is -2.07. The third-order valence-corrected chi connectivity index (χ3v) is 2.74. The van der Waals surface area contributed by atoms with Crippen molar-refractivity contribution in [1.29, 1.82) is 0 Å². The maximum atomic E-state index is 13.9. The Morgan fingerprint density at radius 2 is 1.75 bits per heavy atom. The van der Waals surface area contributed by atoms with E-state index in [9.17, 15) is 18.7 Å². The molecular weight excluding hydrogens is 266 g/mol. The van der Waals surface area contributed by atoms with Crippen LogP contribution in [0.25, 0.3) is 11.1 Å². The molecule has 0 saturated heterocycles. The quantitative estimate of drug-likeness (QED) is 0.874. The number of ether oxygens (including phenoxy) is 1. The molecule has 0 bridgehead atoms. The number of phenols is 1. The van der Waals surface area contributed by atoms with Crippen LogP contribution in [0.15, 0.2) is 36.4 Å². The monoisotopic (exact) mass is 278 g/mol. The van der Waals surface area contributed by atoms with Crippen molar-refractivity contribution in [3.8, 4) is 16.9 Å². The van der Waals surface area contributed by atoms with E-state index < -0.39 is 23.4 Å². The summed E-state index contributed by atoms with van der Waals surface area (Å²) in [6.45, 7) is 1.79. The van der Waals surface area contributed by atoms with Gasteiger partial charge >= 0.3 is 5.97 Å². The predicted molar refractivity (Wildman–Crippen MR) is 69.4 cm³/mol. The van der Waals surface area contributed by atoms with Crippen LogP contribution < -0.4 is 0 Å². The van der Waals surface area contributed by atoms with Crippen molar-refractivity contribution in [3.05, 3.63) is 53.6 Å². The van der Waals surface area contributed by atoms with E-state index in [1.807, 2.05) is 0 Å². The minimum Gasteiger partial charge on any atom is -0.505 e. The number of carbonyl (C=O) groups excluding carboxylic acids is 1. The van der Waals surface area contributed by atoms with Crippen molar-refractivity contribution in [3.63, 3.8) is 0 Å². The number of rotatable bonds is 3. The van der Waals surface area contributed by atoms with Crippen LogP contribution in [-0.4, -0.2) is 17.7 Å². The standard InChI is InChI=1S/C15H12F2O3/c1-2-20-15(19)11-5-3-9(7-13(11)17)10-4-6-12(16)14(18)8-10/h3-8,18H,2H2,1H3. The second-order valence-corrected chi connectivity index (χ2v) is 4.08. The normalized spacial score (nSPS) is 10.3. The molecule has 0 unspecified atom stereocenters. The van der Waals surface area contributed by atoms with Crippen LogP contribution in [0.2, 0.25) is 0 Å². The zero-order chi connectivity index (χ0) is 14.7. The first-order valence-corrected chi connectivity index (χ1v) is 5.98. The molecule has 104 valence electrons. The number of benzene rings is 2. The van der Waals surface area contributed by atoms with Gasteiger partial charge in [0.1, 0.15) is 5.82 Å². The SMILES string of the molecule is CCOC(=O)c1ccc(-c2ccc(F)c(O)c2)cc1F. The fourth-order valence-corrected chi connectivity index (χ4v) is 1.76. The first-order chi connectivity index (χ1) is 9.52. The number of aromatic hydroxyl groups is 1. The molecule has 2 rings (SSSR count). The van der Waals surface area contributed by atoms with Gasteiger partial charge in [-0.25, -0.2) is 13.6 Å². The summed E-state index contributed by atoms with van der Waals surface area (Å²) in [5, 5.41) is 9.30. The van der Waals surface area contributed by atoms with Crippen molar-refractivity contribution in [2.45, 2.75) is 6.92 Å². The number of halogens is 2. The first-order valence-electron chi connectivity index (χ1n) is 5.98. The van der Waals surface area contributed by atoms with Crippen LogP contribution >= 0.6 is 0 Å². The van der Waals surface area contributed by atoms with Gasteiger partial charge in [-0.05, 0) is 42.3 Å². The van der Waals surface area contributed by atoms with Gasteiger partial charge in [-0.15, -0.1) is 0 Å². The molecule has 0 atom stereocenters. The molecule has 0 spiro atoms. The molecule has 2 aromatic carbocycles. The predicted octanol–water partition coefficient (Wildman–Crippen LogP) is 3.51. The highest BCUT2D eigenvalue weighted by Crippen LogP contribution is 2.27. The highest BCUT2D eigenvalue weighted by Gasteiger charge is 2.14. The third kappa shape index (κ3) is 2.77. The topological polar surface area (TPSA) is 46.5 Å². The molecule has 0 fully saturated rings. The van der Waals surface area contributed by atoms with E-state index in [-0.39, 0.29) is 12.2 Å². The molecule has 0 aliphatic carbocycles. The fraction of sp³-hybridized carbons (Fsp3) is 0.133. The molecule has 0 radical (unpaired) electrons. The molecule has 2 aromatic rings. The molecule has 1 N–H and O–H groups in total. The lowest BCUT2D eigenvalue weighted by Crippen LogP contribution is -2.07. The van der Waals surface area contributed by atoms with E-state index in [1.165, 1.54) is 24.3 Å². The largest absolute Gasteiger partial charge is 0.505 e. The van der Waals surface area contributed by atoms with Gasteiger partial charge in [0.25, 0.3) is 0 Å². The molecule has 5 heteroatoms. The number of esters is 1.